The summed E-state index contributed by atoms with van der Waals surface area (Å²) in [5, 5.41) is 4.61. The van der Waals surface area contributed by atoms with Crippen LogP contribution < -0.4 is 5.32 Å². The highest BCUT2D eigenvalue weighted by Gasteiger charge is 2.47. The minimum absolute atomic E-state index is 0.149. The Labute approximate surface area is 153 Å². The van der Waals surface area contributed by atoms with Crippen LogP contribution in [0.15, 0.2) is 54.7 Å². The molecule has 0 unspecified atom stereocenters. The average Bonchev–Trinajstić information content (AvgIpc) is 3.36. The molecule has 4 heteroatoms. The molecule has 132 valence electrons. The van der Waals surface area contributed by atoms with Crippen LogP contribution in [0.1, 0.15) is 27.5 Å². The third-order valence-corrected chi connectivity index (χ3v) is 6.13. The molecule has 5 rings (SSSR count). The van der Waals surface area contributed by atoms with Crippen molar-refractivity contribution in [2.45, 2.75) is 13.0 Å². The maximum Gasteiger partial charge on any atom is 0.254 e. The van der Waals surface area contributed by atoms with Crippen LogP contribution >= 0.6 is 0 Å². The second kappa shape index (κ2) is 5.99. The predicted molar refractivity (Wildman–Crippen MR) is 103 cm³/mol. The number of nitrogens with zero attached hydrogens (tertiary/aromatic N) is 1. The number of aromatic nitrogens is 1. The Hall–Kier alpha value is -2.59. The number of rotatable bonds is 2. The molecule has 0 radical (unpaired) electrons. The molecule has 3 heterocycles. The molecule has 2 aromatic carbocycles. The lowest BCUT2D eigenvalue weighted by Gasteiger charge is -2.29. The van der Waals surface area contributed by atoms with Crippen LogP contribution in [0.3, 0.4) is 0 Å². The van der Waals surface area contributed by atoms with E-state index >= 15 is 0 Å². The molecule has 0 aliphatic carbocycles. The number of fused-ring (bicyclic) bond motifs is 2. The lowest BCUT2D eigenvalue weighted by Crippen LogP contribution is -2.35. The summed E-state index contributed by atoms with van der Waals surface area (Å²) in [6.45, 7) is 4.98. The molecular formula is C22H23N3O. The van der Waals surface area contributed by atoms with Gasteiger partial charge in [-0.25, -0.2) is 0 Å². The first-order valence-electron chi connectivity index (χ1n) is 9.37. The summed E-state index contributed by atoms with van der Waals surface area (Å²) in [4.78, 5) is 18.7. The first-order valence-corrected chi connectivity index (χ1v) is 9.37. The van der Waals surface area contributed by atoms with Crippen molar-refractivity contribution < 1.29 is 4.79 Å². The van der Waals surface area contributed by atoms with E-state index in [1.165, 1.54) is 11.1 Å². The van der Waals surface area contributed by atoms with E-state index in [9.17, 15) is 4.79 Å². The van der Waals surface area contributed by atoms with Crippen molar-refractivity contribution in [1.82, 2.24) is 15.2 Å². The Bertz CT molecular complexity index is 976. The number of carbonyl (C=O) groups is 1. The average molecular weight is 345 g/mol. The minimum Gasteiger partial charge on any atom is -0.361 e. The molecule has 2 aliphatic rings. The van der Waals surface area contributed by atoms with Gasteiger partial charge in [0.15, 0.2) is 0 Å². The third-order valence-electron chi connectivity index (χ3n) is 6.13. The summed E-state index contributed by atoms with van der Waals surface area (Å²) in [7, 11) is 0. The highest BCUT2D eigenvalue weighted by Crippen LogP contribution is 2.44. The summed E-state index contributed by atoms with van der Waals surface area (Å²) in [6.07, 6.45) is 1.92. The van der Waals surface area contributed by atoms with Gasteiger partial charge in [-0.15, -0.1) is 0 Å². The number of carbonyl (C=O) groups excluding carboxylic acids is 1. The molecular weight excluding hydrogens is 322 g/mol. The number of aromatic amines is 1. The van der Waals surface area contributed by atoms with E-state index < -0.39 is 0 Å². The van der Waals surface area contributed by atoms with Crippen molar-refractivity contribution in [3.8, 4) is 0 Å². The SMILES string of the molecule is Cc1ccccc1[C@H]1[C@H]2CNC[C@H]2CN1C(=O)c1ccc2[nH]ccc2c1. The van der Waals surface area contributed by atoms with Gasteiger partial charge in [0, 0.05) is 48.2 Å². The van der Waals surface area contributed by atoms with Gasteiger partial charge in [-0.2, -0.15) is 0 Å². The normalized spacial score (nSPS) is 25.0. The largest absolute Gasteiger partial charge is 0.361 e. The van der Waals surface area contributed by atoms with Crippen molar-refractivity contribution in [2.24, 2.45) is 11.8 Å². The number of amides is 1. The van der Waals surface area contributed by atoms with Crippen molar-refractivity contribution in [1.29, 1.82) is 0 Å². The van der Waals surface area contributed by atoms with Crippen LogP contribution in [0.25, 0.3) is 10.9 Å². The van der Waals surface area contributed by atoms with E-state index in [4.69, 9.17) is 0 Å². The van der Waals surface area contributed by atoms with Gasteiger partial charge in [-0.05, 0) is 48.2 Å². The summed E-state index contributed by atoms with van der Waals surface area (Å²) in [5.41, 5.74) is 4.41. The van der Waals surface area contributed by atoms with Gasteiger partial charge in [0.05, 0.1) is 6.04 Å². The summed E-state index contributed by atoms with van der Waals surface area (Å²) in [5.74, 6) is 1.19. The quantitative estimate of drug-likeness (QED) is 0.747. The maximum atomic E-state index is 13.4. The lowest BCUT2D eigenvalue weighted by molar-refractivity contribution is 0.0714. The van der Waals surface area contributed by atoms with Gasteiger partial charge >= 0.3 is 0 Å². The fraction of sp³-hybridized carbons (Fsp3) is 0.318. The van der Waals surface area contributed by atoms with E-state index in [1.807, 2.05) is 30.5 Å². The minimum atomic E-state index is 0.149. The zero-order valence-electron chi connectivity index (χ0n) is 14.9. The van der Waals surface area contributed by atoms with Crippen LogP contribution in [-0.4, -0.2) is 35.4 Å². The van der Waals surface area contributed by atoms with Crippen LogP contribution in [-0.2, 0) is 0 Å². The first kappa shape index (κ1) is 15.6. The standard InChI is InChI=1S/C22H23N3O/c1-14-4-2-3-5-18(14)21-19-12-23-11-17(19)13-25(21)22(26)16-6-7-20-15(10-16)8-9-24-20/h2-10,17,19,21,23-24H,11-13H2,1H3/t17-,19-,21-/m0/s1. The number of likely N-dealkylation sites (tertiary alicyclic amines) is 1. The monoisotopic (exact) mass is 345 g/mol. The molecule has 1 amide bonds. The van der Waals surface area contributed by atoms with E-state index in [1.54, 1.807) is 0 Å². The molecule has 2 fully saturated rings. The third kappa shape index (κ3) is 2.36. The Morgan fingerprint density at radius 2 is 2.00 bits per heavy atom. The van der Waals surface area contributed by atoms with Crippen LogP contribution in [0.4, 0.5) is 0 Å². The van der Waals surface area contributed by atoms with Crippen molar-refractivity contribution >= 4 is 16.8 Å². The van der Waals surface area contributed by atoms with Crippen molar-refractivity contribution in [3.63, 3.8) is 0 Å². The number of aryl methyl sites for hydroxylation is 1. The van der Waals surface area contributed by atoms with Gasteiger partial charge < -0.3 is 15.2 Å². The van der Waals surface area contributed by atoms with Gasteiger partial charge in [-0.3, -0.25) is 4.79 Å². The first-order chi connectivity index (χ1) is 12.7. The number of hydrogen-bond acceptors (Lipinski definition) is 2. The van der Waals surface area contributed by atoms with Gasteiger partial charge in [0.2, 0.25) is 0 Å². The topological polar surface area (TPSA) is 48.1 Å². The molecule has 1 aromatic heterocycles. The van der Waals surface area contributed by atoms with E-state index in [-0.39, 0.29) is 11.9 Å². The summed E-state index contributed by atoms with van der Waals surface area (Å²) in [6, 6.07) is 16.6. The van der Waals surface area contributed by atoms with E-state index in [0.29, 0.717) is 11.8 Å². The molecule has 3 atom stereocenters. The smallest absolute Gasteiger partial charge is 0.254 e. The van der Waals surface area contributed by atoms with Gasteiger partial charge in [0.1, 0.15) is 0 Å². The molecule has 4 nitrogen and oxygen atoms in total. The number of nitrogens with one attached hydrogen (secondary N) is 2. The Morgan fingerprint density at radius 1 is 1.12 bits per heavy atom. The number of benzene rings is 2. The van der Waals surface area contributed by atoms with Gasteiger partial charge in [-0.1, -0.05) is 24.3 Å². The number of H-pyrrole nitrogens is 1. The zero-order valence-corrected chi connectivity index (χ0v) is 14.9. The maximum absolute atomic E-state index is 13.4. The Kier molecular flexibility index (Phi) is 3.61. The fourth-order valence-electron chi connectivity index (χ4n) is 4.80. The van der Waals surface area contributed by atoms with Crippen molar-refractivity contribution in [2.75, 3.05) is 19.6 Å². The lowest BCUT2D eigenvalue weighted by atomic mass is 9.87. The summed E-state index contributed by atoms with van der Waals surface area (Å²) < 4.78 is 0. The number of hydrogen-bond donors (Lipinski definition) is 2. The second-order valence-electron chi connectivity index (χ2n) is 7.62. The molecule has 3 aromatic rings. The molecule has 2 aliphatic heterocycles. The van der Waals surface area contributed by atoms with E-state index in [2.05, 4.69) is 46.4 Å². The highest BCUT2D eigenvalue weighted by molar-refractivity contribution is 5.98. The molecule has 0 saturated carbocycles. The second-order valence-corrected chi connectivity index (χ2v) is 7.62. The van der Waals surface area contributed by atoms with Gasteiger partial charge in [0.25, 0.3) is 5.91 Å². The van der Waals surface area contributed by atoms with Crippen LogP contribution in [0.5, 0.6) is 0 Å². The molecule has 26 heavy (non-hydrogen) atoms. The fourth-order valence-corrected chi connectivity index (χ4v) is 4.80. The van der Waals surface area contributed by atoms with E-state index in [0.717, 1.165) is 36.1 Å². The van der Waals surface area contributed by atoms with Crippen molar-refractivity contribution in [3.05, 3.63) is 71.4 Å². The summed E-state index contributed by atoms with van der Waals surface area (Å²) >= 11 is 0. The molecule has 0 bridgehead atoms. The molecule has 0 spiro atoms. The Morgan fingerprint density at radius 3 is 2.88 bits per heavy atom. The highest BCUT2D eigenvalue weighted by atomic mass is 16.2. The zero-order chi connectivity index (χ0) is 17.7. The van der Waals surface area contributed by atoms with Crippen LogP contribution in [0.2, 0.25) is 0 Å². The molecule has 2 N–H and O–H groups in total. The predicted octanol–water partition coefficient (Wildman–Crippen LogP) is 3.51. The van der Waals surface area contributed by atoms with Crippen LogP contribution in [0, 0.1) is 18.8 Å². The Balaban J connectivity index is 1.55. The molecule has 2 saturated heterocycles.